The van der Waals surface area contributed by atoms with Gasteiger partial charge in [-0.05, 0) is 57.6 Å². The number of aliphatic hydroxyl groups is 1. The van der Waals surface area contributed by atoms with E-state index in [4.69, 9.17) is 9.15 Å². The van der Waals surface area contributed by atoms with E-state index in [0.717, 1.165) is 19.6 Å². The number of carbonyl (C=O) groups is 3. The summed E-state index contributed by atoms with van der Waals surface area (Å²) in [5.74, 6) is -2.01. The van der Waals surface area contributed by atoms with Crippen molar-refractivity contribution in [1.82, 2.24) is 14.8 Å². The Kier molecular flexibility index (Phi) is 7.43. The van der Waals surface area contributed by atoms with Crippen molar-refractivity contribution >= 4 is 23.4 Å². The molecule has 2 aromatic heterocycles. The molecule has 0 bridgehead atoms. The Morgan fingerprint density at radius 2 is 1.97 bits per heavy atom. The monoisotopic (exact) mass is 457 g/mol. The SMILES string of the molecule is CCN(CC)CCCN1C(=O)C(=O)/C(=C(/O)c2c(C)[nH]c(C(=O)OC)c2C)[C@@H]1c1ccco1. The number of methoxy groups -OCH3 is 1. The standard InChI is InChI=1S/C24H31N3O6/c1-6-26(7-2)11-9-12-27-20(16-10-8-13-33-16)18(22(29)23(27)30)21(28)17-14(3)19(24(31)32-5)25-15(17)4/h8,10,13,20,25,28H,6-7,9,11-12H2,1-5H3/b21-18+/t20-/m0/s1. The number of esters is 1. The van der Waals surface area contributed by atoms with Gasteiger partial charge in [-0.2, -0.15) is 0 Å². The average molecular weight is 458 g/mol. The number of aromatic amines is 1. The van der Waals surface area contributed by atoms with Crippen LogP contribution in [0.1, 0.15) is 59.4 Å². The minimum Gasteiger partial charge on any atom is -0.507 e. The third-order valence-corrected chi connectivity index (χ3v) is 6.18. The molecule has 9 heteroatoms. The zero-order valence-corrected chi connectivity index (χ0v) is 19.7. The number of furan rings is 1. The number of hydrogen-bond donors (Lipinski definition) is 2. The lowest BCUT2D eigenvalue weighted by atomic mass is 9.97. The lowest BCUT2D eigenvalue weighted by Gasteiger charge is -2.25. The molecule has 1 aliphatic rings. The van der Waals surface area contributed by atoms with Crippen molar-refractivity contribution in [3.05, 3.63) is 52.2 Å². The highest BCUT2D eigenvalue weighted by Crippen LogP contribution is 2.41. The Morgan fingerprint density at radius 3 is 2.55 bits per heavy atom. The number of aromatic nitrogens is 1. The van der Waals surface area contributed by atoms with Crippen LogP contribution in [0.15, 0.2) is 28.4 Å². The predicted molar refractivity (Wildman–Crippen MR) is 122 cm³/mol. The first kappa shape index (κ1) is 24.3. The molecule has 1 saturated heterocycles. The summed E-state index contributed by atoms with van der Waals surface area (Å²) in [5.41, 5.74) is 1.34. The van der Waals surface area contributed by atoms with E-state index in [0.29, 0.717) is 35.5 Å². The van der Waals surface area contributed by atoms with Gasteiger partial charge in [0.2, 0.25) is 0 Å². The van der Waals surface area contributed by atoms with Crippen molar-refractivity contribution in [3.8, 4) is 0 Å². The summed E-state index contributed by atoms with van der Waals surface area (Å²) in [6.45, 7) is 10.4. The van der Waals surface area contributed by atoms with Gasteiger partial charge in [0.1, 0.15) is 23.3 Å². The number of amides is 1. The van der Waals surface area contributed by atoms with E-state index in [1.54, 1.807) is 26.0 Å². The van der Waals surface area contributed by atoms with Crippen LogP contribution in [0.25, 0.3) is 5.76 Å². The number of aryl methyl sites for hydroxylation is 1. The topological polar surface area (TPSA) is 116 Å². The van der Waals surface area contributed by atoms with Gasteiger partial charge in [-0.1, -0.05) is 13.8 Å². The summed E-state index contributed by atoms with van der Waals surface area (Å²) in [6, 6.07) is 2.50. The third-order valence-electron chi connectivity index (χ3n) is 6.18. The molecular formula is C24H31N3O6. The maximum absolute atomic E-state index is 13.1. The van der Waals surface area contributed by atoms with Gasteiger partial charge in [0.15, 0.2) is 0 Å². The summed E-state index contributed by atoms with van der Waals surface area (Å²) in [4.78, 5) is 44.8. The van der Waals surface area contributed by atoms with E-state index in [9.17, 15) is 19.5 Å². The van der Waals surface area contributed by atoms with E-state index in [-0.39, 0.29) is 17.0 Å². The third kappa shape index (κ3) is 4.45. The van der Waals surface area contributed by atoms with E-state index >= 15 is 0 Å². The summed E-state index contributed by atoms with van der Waals surface area (Å²) in [7, 11) is 1.26. The number of H-pyrrole nitrogens is 1. The summed E-state index contributed by atoms with van der Waals surface area (Å²) in [6.07, 6.45) is 2.13. The van der Waals surface area contributed by atoms with E-state index in [1.165, 1.54) is 18.3 Å². The number of aliphatic hydroxyl groups excluding tert-OH is 1. The first-order valence-electron chi connectivity index (χ1n) is 11.1. The van der Waals surface area contributed by atoms with Crippen LogP contribution in [0.5, 0.6) is 0 Å². The molecule has 1 aliphatic heterocycles. The van der Waals surface area contributed by atoms with Crippen LogP contribution in [0, 0.1) is 13.8 Å². The second kappa shape index (κ2) is 10.1. The van der Waals surface area contributed by atoms with Gasteiger partial charge in [-0.25, -0.2) is 4.79 Å². The molecule has 0 spiro atoms. The number of Topliss-reactive ketones (excluding diaryl/α,β-unsaturated/α-hetero) is 1. The number of nitrogens with zero attached hydrogens (tertiary/aromatic N) is 2. The Balaban J connectivity index is 2.06. The van der Waals surface area contributed by atoms with Crippen molar-refractivity contribution in [1.29, 1.82) is 0 Å². The average Bonchev–Trinajstić information content (AvgIpc) is 3.49. The molecular weight excluding hydrogens is 426 g/mol. The van der Waals surface area contributed by atoms with Gasteiger partial charge in [-0.15, -0.1) is 0 Å². The zero-order valence-electron chi connectivity index (χ0n) is 19.7. The fraction of sp³-hybridized carbons (Fsp3) is 0.458. The number of ether oxygens (including phenoxy) is 1. The molecule has 9 nitrogen and oxygen atoms in total. The molecule has 0 aromatic carbocycles. The first-order chi connectivity index (χ1) is 15.8. The Labute approximate surface area is 193 Å². The Morgan fingerprint density at radius 1 is 1.27 bits per heavy atom. The van der Waals surface area contributed by atoms with Gasteiger partial charge in [0, 0.05) is 17.8 Å². The van der Waals surface area contributed by atoms with Gasteiger partial charge in [-0.3, -0.25) is 9.59 Å². The molecule has 1 fully saturated rings. The highest BCUT2D eigenvalue weighted by molar-refractivity contribution is 6.46. The van der Waals surface area contributed by atoms with Crippen molar-refractivity contribution in [2.24, 2.45) is 0 Å². The van der Waals surface area contributed by atoms with Crippen molar-refractivity contribution in [2.75, 3.05) is 33.3 Å². The highest BCUT2D eigenvalue weighted by Gasteiger charge is 2.47. The quantitative estimate of drug-likeness (QED) is 0.257. The Hall–Kier alpha value is -3.33. The number of ketones is 1. The van der Waals surface area contributed by atoms with Crippen LogP contribution < -0.4 is 0 Å². The molecule has 0 aliphatic carbocycles. The molecule has 1 atom stereocenters. The minimum absolute atomic E-state index is 0.0561. The molecule has 1 amide bonds. The molecule has 0 saturated carbocycles. The fourth-order valence-electron chi connectivity index (χ4n) is 4.40. The minimum atomic E-state index is -0.855. The fourth-order valence-corrected chi connectivity index (χ4v) is 4.40. The second-order valence-electron chi connectivity index (χ2n) is 8.00. The Bertz CT molecular complexity index is 1060. The highest BCUT2D eigenvalue weighted by atomic mass is 16.5. The number of rotatable bonds is 9. The number of carbonyl (C=O) groups excluding carboxylic acids is 3. The summed E-state index contributed by atoms with van der Waals surface area (Å²) < 4.78 is 10.4. The molecule has 33 heavy (non-hydrogen) atoms. The number of hydrogen-bond acceptors (Lipinski definition) is 7. The van der Waals surface area contributed by atoms with Crippen LogP contribution in [-0.2, 0) is 14.3 Å². The molecule has 0 unspecified atom stereocenters. The zero-order chi connectivity index (χ0) is 24.3. The van der Waals surface area contributed by atoms with E-state index in [2.05, 4.69) is 23.7 Å². The molecule has 178 valence electrons. The normalized spacial score (nSPS) is 17.9. The molecule has 3 heterocycles. The van der Waals surface area contributed by atoms with Crippen LogP contribution in [0.2, 0.25) is 0 Å². The van der Waals surface area contributed by atoms with Crippen LogP contribution in [0.4, 0.5) is 0 Å². The maximum Gasteiger partial charge on any atom is 0.354 e. The largest absolute Gasteiger partial charge is 0.507 e. The predicted octanol–water partition coefficient (Wildman–Crippen LogP) is 3.16. The van der Waals surface area contributed by atoms with Crippen LogP contribution in [-0.4, -0.2) is 70.8 Å². The molecule has 2 N–H and O–H groups in total. The second-order valence-corrected chi connectivity index (χ2v) is 8.00. The van der Waals surface area contributed by atoms with Crippen LogP contribution in [0.3, 0.4) is 0 Å². The van der Waals surface area contributed by atoms with Gasteiger partial charge < -0.3 is 29.0 Å². The first-order valence-corrected chi connectivity index (χ1v) is 11.1. The maximum atomic E-state index is 13.1. The van der Waals surface area contributed by atoms with Crippen molar-refractivity contribution in [3.63, 3.8) is 0 Å². The van der Waals surface area contributed by atoms with Gasteiger partial charge in [0.25, 0.3) is 11.7 Å². The lowest BCUT2D eigenvalue weighted by molar-refractivity contribution is -0.140. The molecule has 3 rings (SSSR count). The van der Waals surface area contributed by atoms with Crippen molar-refractivity contribution < 1.29 is 28.6 Å². The van der Waals surface area contributed by atoms with E-state index < -0.39 is 23.7 Å². The lowest BCUT2D eigenvalue weighted by Crippen LogP contribution is -2.33. The van der Waals surface area contributed by atoms with Crippen LogP contribution >= 0.6 is 0 Å². The van der Waals surface area contributed by atoms with Gasteiger partial charge >= 0.3 is 5.97 Å². The van der Waals surface area contributed by atoms with Gasteiger partial charge in [0.05, 0.1) is 18.9 Å². The number of likely N-dealkylation sites (tertiary alicyclic amines) is 1. The summed E-state index contributed by atoms with van der Waals surface area (Å²) >= 11 is 0. The summed E-state index contributed by atoms with van der Waals surface area (Å²) in [5, 5.41) is 11.3. The molecule has 2 aromatic rings. The molecule has 0 radical (unpaired) electrons. The van der Waals surface area contributed by atoms with E-state index in [1.807, 2.05) is 0 Å². The van der Waals surface area contributed by atoms with Crippen molar-refractivity contribution in [2.45, 2.75) is 40.2 Å². The number of nitrogens with one attached hydrogen (secondary N) is 1. The smallest absolute Gasteiger partial charge is 0.354 e.